The average Bonchev–Trinajstić information content (AvgIpc) is 2.63. The Morgan fingerprint density at radius 3 is 2.12 bits per heavy atom. The zero-order chi connectivity index (χ0) is 18.2. The van der Waals surface area contributed by atoms with Crippen molar-refractivity contribution in [2.45, 2.75) is 38.1 Å². The summed E-state index contributed by atoms with van der Waals surface area (Å²) in [6, 6.07) is 9.38. The minimum absolute atomic E-state index is 0.0765. The molecular formula is C19H35N5O. The minimum atomic E-state index is -0.484. The molecule has 1 aromatic carbocycles. The van der Waals surface area contributed by atoms with Gasteiger partial charge >= 0.3 is 0 Å². The van der Waals surface area contributed by atoms with Crippen molar-refractivity contribution in [1.82, 2.24) is 16.0 Å². The number of hydrogen-bond acceptors (Lipinski definition) is 5. The molecule has 7 N–H and O–H groups in total. The smallest absolute Gasteiger partial charge is 0.237 e. The Morgan fingerprint density at radius 1 is 0.880 bits per heavy atom. The molecule has 1 atom stereocenters. The number of rotatable bonds is 15. The van der Waals surface area contributed by atoms with Crippen LogP contribution in [0.25, 0.3) is 0 Å². The highest BCUT2D eigenvalue weighted by Gasteiger charge is 2.12. The van der Waals surface area contributed by atoms with Crippen molar-refractivity contribution < 1.29 is 4.79 Å². The first-order valence-electron chi connectivity index (χ1n) is 9.42. The van der Waals surface area contributed by atoms with Gasteiger partial charge in [-0.1, -0.05) is 30.3 Å². The summed E-state index contributed by atoms with van der Waals surface area (Å²) in [5.41, 5.74) is 12.5. The zero-order valence-electron chi connectivity index (χ0n) is 15.3. The lowest BCUT2D eigenvalue weighted by Crippen LogP contribution is -2.42. The van der Waals surface area contributed by atoms with Gasteiger partial charge < -0.3 is 27.4 Å². The third-order valence-electron chi connectivity index (χ3n) is 3.98. The largest absolute Gasteiger partial charge is 0.355 e. The van der Waals surface area contributed by atoms with Crippen LogP contribution in [-0.2, 0) is 11.2 Å². The molecule has 0 radical (unpaired) electrons. The lowest BCUT2D eigenvalue weighted by atomic mass is 10.1. The van der Waals surface area contributed by atoms with Crippen LogP contribution in [0.5, 0.6) is 0 Å². The van der Waals surface area contributed by atoms with Crippen LogP contribution in [0.3, 0.4) is 0 Å². The van der Waals surface area contributed by atoms with E-state index in [1.807, 2.05) is 30.3 Å². The van der Waals surface area contributed by atoms with Crippen LogP contribution in [0, 0.1) is 0 Å². The summed E-state index contributed by atoms with van der Waals surface area (Å²) in [4.78, 5) is 12.0. The summed E-state index contributed by atoms with van der Waals surface area (Å²) >= 11 is 0. The van der Waals surface area contributed by atoms with Gasteiger partial charge in [0.2, 0.25) is 5.91 Å². The molecule has 0 saturated carbocycles. The second kappa shape index (κ2) is 14.8. The van der Waals surface area contributed by atoms with E-state index in [4.69, 9.17) is 11.5 Å². The summed E-state index contributed by atoms with van der Waals surface area (Å²) in [6.07, 6.45) is 4.86. The molecule has 25 heavy (non-hydrogen) atoms. The first-order valence-corrected chi connectivity index (χ1v) is 9.42. The zero-order valence-corrected chi connectivity index (χ0v) is 15.3. The lowest BCUT2D eigenvalue weighted by Gasteiger charge is -2.12. The number of carbonyl (C=O) groups is 1. The number of benzene rings is 1. The van der Waals surface area contributed by atoms with E-state index < -0.39 is 6.04 Å². The van der Waals surface area contributed by atoms with Gasteiger partial charge in [0.25, 0.3) is 0 Å². The third-order valence-corrected chi connectivity index (χ3v) is 3.98. The normalized spacial score (nSPS) is 12.1. The molecule has 0 aliphatic carbocycles. The Labute approximate surface area is 152 Å². The van der Waals surface area contributed by atoms with Crippen molar-refractivity contribution in [3.63, 3.8) is 0 Å². The maximum atomic E-state index is 12.0. The molecule has 1 rings (SSSR count). The summed E-state index contributed by atoms with van der Waals surface area (Å²) in [5.74, 6) is -0.0765. The van der Waals surface area contributed by atoms with Gasteiger partial charge in [-0.3, -0.25) is 4.79 Å². The van der Waals surface area contributed by atoms with E-state index in [0.717, 1.165) is 57.5 Å². The lowest BCUT2D eigenvalue weighted by molar-refractivity contribution is -0.122. The van der Waals surface area contributed by atoms with E-state index in [2.05, 4.69) is 16.0 Å². The number of nitrogens with two attached hydrogens (primary N) is 2. The van der Waals surface area contributed by atoms with Crippen LogP contribution in [0.15, 0.2) is 30.3 Å². The molecule has 0 unspecified atom stereocenters. The molecule has 0 saturated heterocycles. The Kier molecular flexibility index (Phi) is 12.8. The van der Waals surface area contributed by atoms with Crippen LogP contribution in [0.2, 0.25) is 0 Å². The second-order valence-electron chi connectivity index (χ2n) is 6.29. The van der Waals surface area contributed by atoms with Crippen molar-refractivity contribution in [2.24, 2.45) is 11.5 Å². The highest BCUT2D eigenvalue weighted by atomic mass is 16.2. The molecule has 6 heteroatoms. The number of unbranched alkanes of at least 4 members (excludes halogenated alkanes) is 1. The van der Waals surface area contributed by atoms with Crippen molar-refractivity contribution in [3.05, 3.63) is 35.9 Å². The van der Waals surface area contributed by atoms with Gasteiger partial charge in [-0.15, -0.1) is 0 Å². The Hall–Kier alpha value is -1.47. The molecule has 6 nitrogen and oxygen atoms in total. The molecule has 1 aromatic rings. The molecule has 0 aliphatic heterocycles. The maximum absolute atomic E-state index is 12.0. The Morgan fingerprint density at radius 2 is 1.48 bits per heavy atom. The molecule has 0 aliphatic rings. The van der Waals surface area contributed by atoms with Gasteiger partial charge in [-0.2, -0.15) is 0 Å². The first kappa shape index (κ1) is 21.6. The average molecular weight is 350 g/mol. The summed E-state index contributed by atoms with van der Waals surface area (Å²) in [5, 5.41) is 9.68. The van der Waals surface area contributed by atoms with Gasteiger partial charge in [0, 0.05) is 6.54 Å². The quantitative estimate of drug-likeness (QED) is 0.294. The van der Waals surface area contributed by atoms with Crippen LogP contribution in [0.4, 0.5) is 0 Å². The predicted octanol–water partition coefficient (Wildman–Crippen LogP) is 0.371. The van der Waals surface area contributed by atoms with E-state index in [1.165, 1.54) is 6.42 Å². The molecule has 0 bridgehead atoms. The third kappa shape index (κ3) is 11.7. The monoisotopic (exact) mass is 349 g/mol. The van der Waals surface area contributed by atoms with E-state index >= 15 is 0 Å². The highest BCUT2D eigenvalue weighted by Crippen LogP contribution is 2.01. The standard InChI is InChI=1S/C19H35N5O/c20-10-6-13-22-11-4-5-12-23-14-7-15-24-19(25)18(21)16-17-8-2-1-3-9-17/h1-3,8-9,18,22-23H,4-7,10-16,20-21H2,(H,24,25)/t18-/m0/s1. The van der Waals surface area contributed by atoms with E-state index in [0.29, 0.717) is 13.0 Å². The fourth-order valence-corrected chi connectivity index (χ4v) is 2.49. The van der Waals surface area contributed by atoms with E-state index in [9.17, 15) is 4.79 Å². The van der Waals surface area contributed by atoms with E-state index in [-0.39, 0.29) is 5.91 Å². The first-order chi connectivity index (χ1) is 12.2. The van der Waals surface area contributed by atoms with Crippen molar-refractivity contribution in [3.8, 4) is 0 Å². The number of carbonyl (C=O) groups excluding carboxylic acids is 1. The van der Waals surface area contributed by atoms with Crippen LogP contribution in [0.1, 0.15) is 31.2 Å². The number of hydrogen-bond donors (Lipinski definition) is 5. The SMILES string of the molecule is NCCCNCCCCNCCCNC(=O)[C@@H](N)Cc1ccccc1. The van der Waals surface area contributed by atoms with Gasteiger partial charge in [0.15, 0.2) is 0 Å². The minimum Gasteiger partial charge on any atom is -0.355 e. The Bertz CT molecular complexity index is 441. The number of amides is 1. The van der Waals surface area contributed by atoms with Crippen molar-refractivity contribution >= 4 is 5.91 Å². The van der Waals surface area contributed by atoms with Crippen LogP contribution >= 0.6 is 0 Å². The van der Waals surface area contributed by atoms with Gasteiger partial charge in [-0.05, 0) is 70.4 Å². The fourth-order valence-electron chi connectivity index (χ4n) is 2.49. The van der Waals surface area contributed by atoms with Crippen LogP contribution in [-0.4, -0.2) is 51.2 Å². The summed E-state index contributed by atoms with van der Waals surface area (Å²) < 4.78 is 0. The topological polar surface area (TPSA) is 105 Å². The molecular weight excluding hydrogens is 314 g/mol. The van der Waals surface area contributed by atoms with Crippen molar-refractivity contribution in [2.75, 3.05) is 39.3 Å². The summed E-state index contributed by atoms with van der Waals surface area (Å²) in [6.45, 7) is 5.40. The predicted molar refractivity (Wildman–Crippen MR) is 104 cm³/mol. The fraction of sp³-hybridized carbons (Fsp3) is 0.632. The molecule has 0 fully saturated rings. The molecule has 0 heterocycles. The Balaban J connectivity index is 1.91. The second-order valence-corrected chi connectivity index (χ2v) is 6.29. The molecule has 1 amide bonds. The molecule has 142 valence electrons. The van der Waals surface area contributed by atoms with Gasteiger partial charge in [-0.25, -0.2) is 0 Å². The van der Waals surface area contributed by atoms with Gasteiger partial charge in [0.05, 0.1) is 6.04 Å². The molecule has 0 aromatic heterocycles. The molecule has 0 spiro atoms. The summed E-state index contributed by atoms with van der Waals surface area (Å²) in [7, 11) is 0. The van der Waals surface area contributed by atoms with E-state index in [1.54, 1.807) is 0 Å². The maximum Gasteiger partial charge on any atom is 0.237 e. The van der Waals surface area contributed by atoms with Crippen LogP contribution < -0.4 is 27.4 Å². The number of nitrogens with one attached hydrogen (secondary N) is 3. The highest BCUT2D eigenvalue weighted by molar-refractivity contribution is 5.81. The van der Waals surface area contributed by atoms with Gasteiger partial charge in [0.1, 0.15) is 0 Å². The van der Waals surface area contributed by atoms with Crippen molar-refractivity contribution in [1.29, 1.82) is 0 Å².